The Morgan fingerprint density at radius 3 is 2.37 bits per heavy atom. The smallest absolute Gasteiger partial charge is 0.136 e. The van der Waals surface area contributed by atoms with E-state index >= 15 is 0 Å². The van der Waals surface area contributed by atoms with E-state index in [0.717, 1.165) is 75.4 Å². The zero-order chi connectivity index (χ0) is 19.7. The Labute approximate surface area is 184 Å². The molecule has 0 saturated carbocycles. The topological polar surface area (TPSA) is 45.5 Å². The minimum absolute atomic E-state index is 0.671. The molecule has 2 fully saturated rings. The van der Waals surface area contributed by atoms with E-state index in [1.807, 2.05) is 23.5 Å². The summed E-state index contributed by atoms with van der Waals surface area (Å²) >= 11 is 14.0. The second-order valence-corrected chi connectivity index (χ2v) is 9.37. The summed E-state index contributed by atoms with van der Waals surface area (Å²) in [5.41, 5.74) is 1.74. The van der Waals surface area contributed by atoms with Crippen molar-refractivity contribution in [1.29, 1.82) is 5.26 Å². The molecule has 0 amide bonds. The van der Waals surface area contributed by atoms with Gasteiger partial charge in [-0.2, -0.15) is 17.0 Å². The molecule has 0 atom stereocenters. The summed E-state index contributed by atoms with van der Waals surface area (Å²) < 4.78 is 1.07. The molecular formula is C18H33N5S4. The second kappa shape index (κ2) is 16.8. The van der Waals surface area contributed by atoms with Gasteiger partial charge in [0.1, 0.15) is 4.32 Å². The lowest BCUT2D eigenvalue weighted by Crippen LogP contribution is -2.47. The molecule has 2 aliphatic rings. The highest BCUT2D eigenvalue weighted by atomic mass is 32.2. The quantitative estimate of drug-likeness (QED) is 0.447. The number of unbranched alkanes of at least 4 members (excludes halogenated alkanes) is 1. The Bertz CT molecular complexity index is 444. The average molecular weight is 448 g/mol. The molecular weight excluding hydrogens is 415 g/mol. The lowest BCUT2D eigenvalue weighted by Gasteiger charge is -2.35. The van der Waals surface area contributed by atoms with Gasteiger partial charge in [-0.3, -0.25) is 4.90 Å². The van der Waals surface area contributed by atoms with Crippen LogP contribution in [0, 0.1) is 11.3 Å². The monoisotopic (exact) mass is 447 g/mol. The minimum Gasteiger partial charge on any atom is -0.366 e. The summed E-state index contributed by atoms with van der Waals surface area (Å²) in [6, 6.07) is 2.20. The molecule has 27 heavy (non-hydrogen) atoms. The van der Waals surface area contributed by atoms with Crippen molar-refractivity contribution >= 4 is 57.8 Å². The van der Waals surface area contributed by atoms with Crippen molar-refractivity contribution in [3.05, 3.63) is 0 Å². The van der Waals surface area contributed by atoms with Crippen molar-refractivity contribution in [2.75, 3.05) is 76.7 Å². The number of nitrogens with one attached hydrogen (secondary N) is 1. The van der Waals surface area contributed by atoms with Crippen molar-refractivity contribution in [2.45, 2.75) is 19.3 Å². The number of hydrogen-bond acceptors (Lipinski definition) is 7. The van der Waals surface area contributed by atoms with Crippen LogP contribution in [0.1, 0.15) is 19.3 Å². The third-order valence-electron chi connectivity index (χ3n) is 4.41. The molecule has 0 bridgehead atoms. The summed E-state index contributed by atoms with van der Waals surface area (Å²) in [5.74, 6) is 2.37. The molecule has 2 saturated heterocycles. The van der Waals surface area contributed by atoms with Crippen LogP contribution in [0.15, 0.2) is 0 Å². The first kappa shape index (κ1) is 24.9. The third kappa shape index (κ3) is 12.1. The standard InChI is InChI=1S/C13H23N3S3.C5H10N2S/c1-18-11-4-12-19-13(17)16-9-7-15(8-10-16)6-3-2-5-14;8-5-7-3-1-6-2-4-7/h2-4,6-12H2,1H3;5-6H,1-4H2. The highest BCUT2D eigenvalue weighted by molar-refractivity contribution is 8.22. The van der Waals surface area contributed by atoms with E-state index in [-0.39, 0.29) is 0 Å². The van der Waals surface area contributed by atoms with Crippen molar-refractivity contribution in [1.82, 2.24) is 20.0 Å². The second-order valence-electron chi connectivity index (χ2n) is 6.44. The van der Waals surface area contributed by atoms with E-state index in [1.165, 1.54) is 12.2 Å². The molecule has 0 aromatic carbocycles. The summed E-state index contributed by atoms with van der Waals surface area (Å²) in [4.78, 5) is 6.92. The fourth-order valence-electron chi connectivity index (χ4n) is 2.78. The number of nitriles is 1. The lowest BCUT2D eigenvalue weighted by molar-refractivity contribution is 0.184. The van der Waals surface area contributed by atoms with Gasteiger partial charge in [0.2, 0.25) is 0 Å². The lowest BCUT2D eigenvalue weighted by atomic mass is 10.2. The first-order valence-electron chi connectivity index (χ1n) is 9.61. The van der Waals surface area contributed by atoms with Gasteiger partial charge < -0.3 is 15.1 Å². The highest BCUT2D eigenvalue weighted by Gasteiger charge is 2.18. The van der Waals surface area contributed by atoms with E-state index in [2.05, 4.69) is 32.3 Å². The largest absolute Gasteiger partial charge is 0.366 e. The van der Waals surface area contributed by atoms with Crippen LogP contribution in [-0.4, -0.2) is 101 Å². The molecule has 9 heteroatoms. The van der Waals surface area contributed by atoms with Gasteiger partial charge >= 0.3 is 0 Å². The molecule has 0 radical (unpaired) electrons. The summed E-state index contributed by atoms with van der Waals surface area (Å²) in [7, 11) is 0. The van der Waals surface area contributed by atoms with E-state index < -0.39 is 0 Å². The molecule has 0 aliphatic carbocycles. The zero-order valence-corrected chi connectivity index (χ0v) is 19.7. The van der Waals surface area contributed by atoms with Crippen LogP contribution in [0.4, 0.5) is 0 Å². The predicted octanol–water partition coefficient (Wildman–Crippen LogP) is 2.53. The molecule has 5 nitrogen and oxygen atoms in total. The van der Waals surface area contributed by atoms with Crippen LogP contribution in [0.3, 0.4) is 0 Å². The summed E-state index contributed by atoms with van der Waals surface area (Å²) in [6.07, 6.45) is 5.04. The van der Waals surface area contributed by atoms with Crippen molar-refractivity contribution in [2.24, 2.45) is 0 Å². The number of thioether (sulfide) groups is 2. The zero-order valence-electron chi connectivity index (χ0n) is 16.4. The van der Waals surface area contributed by atoms with Crippen molar-refractivity contribution in [3.63, 3.8) is 0 Å². The Balaban J connectivity index is 0.000000377. The SMILES string of the molecule is CSCCCSC(=S)N1CCN(CCCC#N)CC1.S=CN1CCNCC1. The van der Waals surface area contributed by atoms with Gasteiger partial charge in [0.05, 0.1) is 11.6 Å². The molecule has 2 heterocycles. The molecule has 0 spiro atoms. The summed E-state index contributed by atoms with van der Waals surface area (Å²) in [5, 5.41) is 11.8. The van der Waals surface area contributed by atoms with Gasteiger partial charge in [0.15, 0.2) is 0 Å². The molecule has 0 unspecified atom stereocenters. The Morgan fingerprint density at radius 1 is 1.11 bits per heavy atom. The number of nitrogens with zero attached hydrogens (tertiary/aromatic N) is 4. The van der Waals surface area contributed by atoms with Crippen LogP contribution < -0.4 is 5.32 Å². The van der Waals surface area contributed by atoms with Crippen molar-refractivity contribution < 1.29 is 0 Å². The Morgan fingerprint density at radius 2 is 1.81 bits per heavy atom. The number of hydrogen-bond donors (Lipinski definition) is 1. The maximum atomic E-state index is 8.53. The third-order valence-corrected chi connectivity index (χ3v) is 7.02. The van der Waals surface area contributed by atoms with E-state index in [4.69, 9.17) is 29.7 Å². The van der Waals surface area contributed by atoms with Gasteiger partial charge in [-0.15, -0.1) is 0 Å². The normalized spacial score (nSPS) is 17.6. The van der Waals surface area contributed by atoms with Crippen LogP contribution in [-0.2, 0) is 0 Å². The Hall–Kier alpha value is -0.110. The first-order valence-corrected chi connectivity index (χ1v) is 12.9. The number of piperazine rings is 2. The van der Waals surface area contributed by atoms with Gasteiger partial charge in [0, 0.05) is 64.5 Å². The van der Waals surface area contributed by atoms with E-state index in [0.29, 0.717) is 6.42 Å². The molecule has 2 rings (SSSR count). The number of rotatable bonds is 8. The van der Waals surface area contributed by atoms with Gasteiger partial charge in [-0.1, -0.05) is 36.2 Å². The predicted molar refractivity (Wildman–Crippen MR) is 129 cm³/mol. The van der Waals surface area contributed by atoms with E-state index in [1.54, 1.807) is 5.49 Å². The molecule has 0 aromatic heterocycles. The van der Waals surface area contributed by atoms with Crippen LogP contribution >= 0.6 is 48.0 Å². The van der Waals surface area contributed by atoms with Gasteiger partial charge in [-0.05, 0) is 31.4 Å². The molecule has 1 N–H and O–H groups in total. The van der Waals surface area contributed by atoms with Gasteiger partial charge in [-0.25, -0.2) is 0 Å². The van der Waals surface area contributed by atoms with E-state index in [9.17, 15) is 0 Å². The highest BCUT2D eigenvalue weighted by Crippen LogP contribution is 2.14. The maximum absolute atomic E-state index is 8.53. The van der Waals surface area contributed by atoms with Crippen LogP contribution in [0.5, 0.6) is 0 Å². The minimum atomic E-state index is 0.671. The molecule has 154 valence electrons. The maximum Gasteiger partial charge on any atom is 0.136 e. The Kier molecular flexibility index (Phi) is 15.5. The van der Waals surface area contributed by atoms with Crippen molar-refractivity contribution in [3.8, 4) is 6.07 Å². The fourth-order valence-corrected chi connectivity index (χ4v) is 4.86. The molecule has 2 aliphatic heterocycles. The van der Waals surface area contributed by atoms with Crippen LogP contribution in [0.2, 0.25) is 0 Å². The fraction of sp³-hybridized carbons (Fsp3) is 0.833. The summed E-state index contributed by atoms with van der Waals surface area (Å²) in [6.45, 7) is 9.60. The molecule has 0 aromatic rings. The number of thiocarbonyl (C=S) groups is 2. The average Bonchev–Trinajstić information content (AvgIpc) is 2.73. The van der Waals surface area contributed by atoms with Gasteiger partial charge in [0.25, 0.3) is 0 Å². The van der Waals surface area contributed by atoms with Crippen LogP contribution in [0.25, 0.3) is 0 Å². The first-order chi connectivity index (χ1) is 13.2.